The number of carbonyl (C=O) groups excluding carboxylic acids is 2. The van der Waals surface area contributed by atoms with Crippen LogP contribution in [0.4, 0.5) is 0 Å². The molecule has 0 aliphatic carbocycles. The van der Waals surface area contributed by atoms with Crippen molar-refractivity contribution in [1.29, 1.82) is 0 Å². The van der Waals surface area contributed by atoms with Crippen molar-refractivity contribution < 1.29 is 9.59 Å². The lowest BCUT2D eigenvalue weighted by Gasteiger charge is -2.38. The molecule has 22 heavy (non-hydrogen) atoms. The number of amides is 2. The minimum Gasteiger partial charge on any atom is -0.333 e. The first-order valence-electron chi connectivity index (χ1n) is 7.63. The largest absolute Gasteiger partial charge is 0.333 e. The SMILES string of the molecule is CC(C)(C)N1C(=O)[C@]2(C)C=CNC(=O)[C@@H]2[C@H]1c1ccccc1. The Morgan fingerprint density at radius 3 is 2.36 bits per heavy atom. The maximum Gasteiger partial charge on any atom is 0.234 e. The summed E-state index contributed by atoms with van der Waals surface area (Å²) >= 11 is 0. The number of nitrogens with one attached hydrogen (secondary N) is 1. The quantitative estimate of drug-likeness (QED) is 0.866. The minimum atomic E-state index is -0.782. The topological polar surface area (TPSA) is 49.4 Å². The summed E-state index contributed by atoms with van der Waals surface area (Å²) in [5, 5.41) is 2.77. The van der Waals surface area contributed by atoms with Crippen molar-refractivity contribution in [3.63, 3.8) is 0 Å². The van der Waals surface area contributed by atoms with E-state index in [1.165, 1.54) is 0 Å². The molecule has 0 spiro atoms. The fourth-order valence-corrected chi connectivity index (χ4v) is 3.69. The predicted octanol–water partition coefficient (Wildman–Crippen LogP) is 2.63. The van der Waals surface area contributed by atoms with Gasteiger partial charge in [-0.2, -0.15) is 0 Å². The van der Waals surface area contributed by atoms with Crippen LogP contribution in [-0.4, -0.2) is 22.3 Å². The van der Waals surface area contributed by atoms with Gasteiger partial charge in [-0.05, 0) is 33.3 Å². The third-order valence-corrected chi connectivity index (χ3v) is 4.72. The molecule has 0 bridgehead atoms. The van der Waals surface area contributed by atoms with E-state index in [2.05, 4.69) is 5.32 Å². The number of hydrogen-bond donors (Lipinski definition) is 1. The normalized spacial score (nSPS) is 31.2. The van der Waals surface area contributed by atoms with Crippen molar-refractivity contribution in [2.45, 2.75) is 39.3 Å². The highest BCUT2D eigenvalue weighted by Gasteiger charge is 2.61. The molecular formula is C18H22N2O2. The Kier molecular flexibility index (Phi) is 3.17. The smallest absolute Gasteiger partial charge is 0.234 e. The Hall–Kier alpha value is -2.10. The van der Waals surface area contributed by atoms with E-state index in [1.54, 1.807) is 6.20 Å². The first-order valence-corrected chi connectivity index (χ1v) is 7.63. The van der Waals surface area contributed by atoms with Gasteiger partial charge in [-0.3, -0.25) is 9.59 Å². The van der Waals surface area contributed by atoms with Crippen LogP contribution >= 0.6 is 0 Å². The maximum absolute atomic E-state index is 13.1. The van der Waals surface area contributed by atoms with E-state index >= 15 is 0 Å². The van der Waals surface area contributed by atoms with E-state index in [0.29, 0.717) is 0 Å². The molecule has 116 valence electrons. The summed E-state index contributed by atoms with van der Waals surface area (Å²) in [6.45, 7) is 7.92. The molecular weight excluding hydrogens is 276 g/mol. The van der Waals surface area contributed by atoms with Gasteiger partial charge in [-0.1, -0.05) is 36.4 Å². The highest BCUT2D eigenvalue weighted by atomic mass is 16.2. The van der Waals surface area contributed by atoms with Gasteiger partial charge in [0.1, 0.15) is 0 Å². The molecule has 2 heterocycles. The predicted molar refractivity (Wildman–Crippen MR) is 84.7 cm³/mol. The van der Waals surface area contributed by atoms with Crippen LogP contribution in [0.2, 0.25) is 0 Å². The number of rotatable bonds is 1. The van der Waals surface area contributed by atoms with Crippen LogP contribution in [0.25, 0.3) is 0 Å². The molecule has 1 N–H and O–H groups in total. The maximum atomic E-state index is 13.1. The molecule has 0 unspecified atom stereocenters. The van der Waals surface area contributed by atoms with Crippen LogP contribution in [-0.2, 0) is 9.59 Å². The fraction of sp³-hybridized carbons (Fsp3) is 0.444. The standard InChI is InChI=1S/C18H22N2O2/c1-17(2,3)20-14(12-8-6-5-7-9-12)13-15(21)19-11-10-18(13,4)16(20)22/h5-11,13-14H,1-4H3,(H,19,21)/t13-,14+,18+/m0/s1. The number of fused-ring (bicyclic) bond motifs is 1. The molecule has 2 amide bonds. The summed E-state index contributed by atoms with van der Waals surface area (Å²) in [6, 6.07) is 9.59. The summed E-state index contributed by atoms with van der Waals surface area (Å²) in [6.07, 6.45) is 3.44. The summed E-state index contributed by atoms with van der Waals surface area (Å²) in [5.41, 5.74) is -0.132. The average molecular weight is 298 g/mol. The number of nitrogens with zero attached hydrogens (tertiary/aromatic N) is 1. The number of hydrogen-bond acceptors (Lipinski definition) is 2. The molecule has 3 rings (SSSR count). The van der Waals surface area contributed by atoms with Gasteiger partial charge in [0.05, 0.1) is 17.4 Å². The summed E-state index contributed by atoms with van der Waals surface area (Å²) in [4.78, 5) is 27.6. The lowest BCUT2D eigenvalue weighted by molar-refractivity contribution is -0.140. The van der Waals surface area contributed by atoms with E-state index in [0.717, 1.165) is 5.56 Å². The van der Waals surface area contributed by atoms with E-state index < -0.39 is 11.3 Å². The second kappa shape index (κ2) is 4.70. The van der Waals surface area contributed by atoms with Crippen molar-refractivity contribution in [1.82, 2.24) is 10.2 Å². The van der Waals surface area contributed by atoms with Crippen LogP contribution in [0, 0.1) is 11.3 Å². The van der Waals surface area contributed by atoms with Crippen LogP contribution in [0.1, 0.15) is 39.3 Å². The van der Waals surface area contributed by atoms with Crippen LogP contribution in [0.5, 0.6) is 0 Å². The Balaban J connectivity index is 2.21. The third kappa shape index (κ3) is 1.97. The first-order chi connectivity index (χ1) is 10.3. The molecule has 2 aliphatic heterocycles. The summed E-state index contributed by atoms with van der Waals surface area (Å²) in [7, 11) is 0. The molecule has 1 saturated heterocycles. The molecule has 2 aliphatic rings. The van der Waals surface area contributed by atoms with Crippen molar-refractivity contribution >= 4 is 11.8 Å². The van der Waals surface area contributed by atoms with Gasteiger partial charge in [0.25, 0.3) is 0 Å². The molecule has 0 radical (unpaired) electrons. The van der Waals surface area contributed by atoms with Gasteiger partial charge < -0.3 is 10.2 Å². The van der Waals surface area contributed by atoms with Crippen LogP contribution in [0.15, 0.2) is 42.6 Å². The summed E-state index contributed by atoms with van der Waals surface area (Å²) in [5.74, 6) is -0.476. The van der Waals surface area contributed by atoms with Crippen molar-refractivity contribution in [3.05, 3.63) is 48.2 Å². The zero-order valence-corrected chi connectivity index (χ0v) is 13.5. The lowest BCUT2D eigenvalue weighted by Crippen LogP contribution is -2.45. The molecule has 0 aromatic heterocycles. The highest BCUT2D eigenvalue weighted by Crippen LogP contribution is 2.53. The van der Waals surface area contributed by atoms with Gasteiger partial charge in [-0.15, -0.1) is 0 Å². The monoisotopic (exact) mass is 298 g/mol. The Morgan fingerprint density at radius 2 is 1.77 bits per heavy atom. The fourth-order valence-electron chi connectivity index (χ4n) is 3.69. The van der Waals surface area contributed by atoms with Crippen molar-refractivity contribution in [2.24, 2.45) is 11.3 Å². The number of carbonyl (C=O) groups is 2. The lowest BCUT2D eigenvalue weighted by atomic mass is 9.73. The zero-order valence-electron chi connectivity index (χ0n) is 13.5. The second-order valence-electron chi connectivity index (χ2n) is 7.30. The molecule has 1 aromatic carbocycles. The Bertz CT molecular complexity index is 645. The van der Waals surface area contributed by atoms with E-state index in [-0.39, 0.29) is 23.4 Å². The van der Waals surface area contributed by atoms with Gasteiger partial charge in [0.15, 0.2) is 0 Å². The van der Waals surface area contributed by atoms with Crippen LogP contribution < -0.4 is 5.32 Å². The third-order valence-electron chi connectivity index (χ3n) is 4.72. The van der Waals surface area contributed by atoms with Crippen LogP contribution in [0.3, 0.4) is 0 Å². The van der Waals surface area contributed by atoms with E-state index in [4.69, 9.17) is 0 Å². The van der Waals surface area contributed by atoms with E-state index in [1.807, 2.05) is 69.0 Å². The van der Waals surface area contributed by atoms with Gasteiger partial charge in [0.2, 0.25) is 11.8 Å². The first kappa shape index (κ1) is 14.8. The number of benzene rings is 1. The van der Waals surface area contributed by atoms with Gasteiger partial charge in [0, 0.05) is 11.7 Å². The highest BCUT2D eigenvalue weighted by molar-refractivity contribution is 5.98. The van der Waals surface area contributed by atoms with E-state index in [9.17, 15) is 9.59 Å². The average Bonchev–Trinajstić information content (AvgIpc) is 2.69. The molecule has 4 heteroatoms. The molecule has 1 aromatic rings. The minimum absolute atomic E-state index is 0.0185. The molecule has 3 atom stereocenters. The Morgan fingerprint density at radius 1 is 1.14 bits per heavy atom. The molecule has 1 fully saturated rings. The summed E-state index contributed by atoms with van der Waals surface area (Å²) < 4.78 is 0. The molecule has 4 nitrogen and oxygen atoms in total. The van der Waals surface area contributed by atoms with Crippen molar-refractivity contribution in [2.75, 3.05) is 0 Å². The van der Waals surface area contributed by atoms with Gasteiger partial charge >= 0.3 is 0 Å². The van der Waals surface area contributed by atoms with Crippen molar-refractivity contribution in [3.8, 4) is 0 Å². The Labute approximate surface area is 131 Å². The van der Waals surface area contributed by atoms with Gasteiger partial charge in [-0.25, -0.2) is 0 Å². The molecule has 0 saturated carbocycles. The second-order valence-corrected chi connectivity index (χ2v) is 7.30. The zero-order chi connectivity index (χ0) is 16.1. The number of likely N-dealkylation sites (tertiary alicyclic amines) is 1.